The predicted octanol–water partition coefficient (Wildman–Crippen LogP) is 4.90. The van der Waals surface area contributed by atoms with E-state index in [1.165, 1.54) is 18.7 Å². The first-order valence-corrected chi connectivity index (χ1v) is 8.65. The number of Topliss-reactive ketones (excluding diaryl/α,β-unsaturated/α-hetero) is 1. The van der Waals surface area contributed by atoms with Gasteiger partial charge in [0.25, 0.3) is 5.91 Å². The van der Waals surface area contributed by atoms with Crippen LogP contribution in [0.3, 0.4) is 0 Å². The van der Waals surface area contributed by atoms with Gasteiger partial charge in [0, 0.05) is 23.1 Å². The minimum atomic E-state index is -0.212. The third-order valence-electron chi connectivity index (χ3n) is 4.33. The molecule has 0 fully saturated rings. The molecule has 2 N–H and O–H groups in total. The van der Waals surface area contributed by atoms with Gasteiger partial charge in [0.2, 0.25) is 0 Å². The SMILES string of the molecule is CC(=O)c1cccc(Nc2ccc(C(=O)Nc3ccc(C)c(C)c3)cn2)c1. The molecule has 0 aliphatic rings. The predicted molar refractivity (Wildman–Crippen MR) is 108 cm³/mol. The molecule has 27 heavy (non-hydrogen) atoms. The average molecular weight is 359 g/mol. The van der Waals surface area contributed by atoms with Crippen molar-refractivity contribution in [1.82, 2.24) is 4.98 Å². The van der Waals surface area contributed by atoms with Crippen LogP contribution < -0.4 is 10.6 Å². The van der Waals surface area contributed by atoms with Gasteiger partial charge in [-0.1, -0.05) is 18.2 Å². The van der Waals surface area contributed by atoms with Crippen LogP contribution in [0.2, 0.25) is 0 Å². The van der Waals surface area contributed by atoms with Crippen LogP contribution in [-0.2, 0) is 0 Å². The molecular weight excluding hydrogens is 338 g/mol. The van der Waals surface area contributed by atoms with Crippen molar-refractivity contribution >= 4 is 28.9 Å². The molecule has 136 valence electrons. The van der Waals surface area contributed by atoms with E-state index >= 15 is 0 Å². The van der Waals surface area contributed by atoms with Gasteiger partial charge in [-0.15, -0.1) is 0 Å². The van der Waals surface area contributed by atoms with Crippen LogP contribution in [0.5, 0.6) is 0 Å². The van der Waals surface area contributed by atoms with E-state index in [9.17, 15) is 9.59 Å². The number of anilines is 3. The Hall–Kier alpha value is -3.47. The molecule has 2 aromatic carbocycles. The summed E-state index contributed by atoms with van der Waals surface area (Å²) in [6.07, 6.45) is 1.52. The number of amides is 1. The largest absolute Gasteiger partial charge is 0.340 e. The molecule has 5 heteroatoms. The van der Waals surface area contributed by atoms with Crippen molar-refractivity contribution < 1.29 is 9.59 Å². The molecule has 3 rings (SSSR count). The van der Waals surface area contributed by atoms with Gasteiger partial charge >= 0.3 is 0 Å². The average Bonchev–Trinajstić information content (AvgIpc) is 2.65. The summed E-state index contributed by atoms with van der Waals surface area (Å²) in [5, 5.41) is 6.01. The van der Waals surface area contributed by atoms with E-state index in [1.54, 1.807) is 24.3 Å². The molecule has 0 bridgehead atoms. The first-order valence-electron chi connectivity index (χ1n) is 8.65. The Bertz CT molecular complexity index is 995. The van der Waals surface area contributed by atoms with E-state index < -0.39 is 0 Å². The summed E-state index contributed by atoms with van der Waals surface area (Å²) in [6.45, 7) is 5.57. The molecule has 1 amide bonds. The number of benzene rings is 2. The maximum absolute atomic E-state index is 12.4. The number of aryl methyl sites for hydroxylation is 2. The third-order valence-corrected chi connectivity index (χ3v) is 4.33. The number of hydrogen-bond donors (Lipinski definition) is 2. The Labute approximate surface area is 158 Å². The summed E-state index contributed by atoms with van der Waals surface area (Å²) in [5.74, 6) is 0.388. The molecule has 1 aromatic heterocycles. The van der Waals surface area contributed by atoms with Gasteiger partial charge < -0.3 is 10.6 Å². The highest BCUT2D eigenvalue weighted by Gasteiger charge is 2.08. The van der Waals surface area contributed by atoms with Gasteiger partial charge in [-0.2, -0.15) is 0 Å². The van der Waals surface area contributed by atoms with Crippen molar-refractivity contribution in [2.45, 2.75) is 20.8 Å². The standard InChI is InChI=1S/C22H21N3O2/c1-14-7-9-20(11-15(14)2)25-22(27)18-8-10-21(23-13-18)24-19-6-4-5-17(12-19)16(3)26/h4-13H,1-3H3,(H,23,24)(H,25,27). The summed E-state index contributed by atoms with van der Waals surface area (Å²) < 4.78 is 0. The van der Waals surface area contributed by atoms with E-state index in [0.717, 1.165) is 16.9 Å². The van der Waals surface area contributed by atoms with Crippen LogP contribution in [-0.4, -0.2) is 16.7 Å². The summed E-state index contributed by atoms with van der Waals surface area (Å²) in [4.78, 5) is 28.1. The zero-order chi connectivity index (χ0) is 19.4. The normalized spacial score (nSPS) is 10.3. The molecule has 0 unspecified atom stereocenters. The number of carbonyl (C=O) groups is 2. The molecule has 5 nitrogen and oxygen atoms in total. The Morgan fingerprint density at radius 2 is 1.67 bits per heavy atom. The number of carbonyl (C=O) groups excluding carboxylic acids is 2. The molecule has 0 atom stereocenters. The lowest BCUT2D eigenvalue weighted by molar-refractivity contribution is 0.101. The van der Waals surface area contributed by atoms with Crippen molar-refractivity contribution in [2.75, 3.05) is 10.6 Å². The topological polar surface area (TPSA) is 71.1 Å². The molecule has 0 aliphatic heterocycles. The van der Waals surface area contributed by atoms with E-state index in [4.69, 9.17) is 0 Å². The van der Waals surface area contributed by atoms with Crippen molar-refractivity contribution in [3.63, 3.8) is 0 Å². The summed E-state index contributed by atoms with van der Waals surface area (Å²) in [5.41, 5.74) is 4.92. The first kappa shape index (κ1) is 18.3. The number of pyridine rings is 1. The van der Waals surface area contributed by atoms with Gasteiger partial charge in [0.1, 0.15) is 5.82 Å². The van der Waals surface area contributed by atoms with Gasteiger partial charge in [-0.05, 0) is 68.3 Å². The number of hydrogen-bond acceptors (Lipinski definition) is 4. The Morgan fingerprint density at radius 1 is 0.852 bits per heavy atom. The lowest BCUT2D eigenvalue weighted by atomic mass is 10.1. The fourth-order valence-electron chi connectivity index (χ4n) is 2.59. The van der Waals surface area contributed by atoms with Gasteiger partial charge in [-0.25, -0.2) is 4.98 Å². The second-order valence-electron chi connectivity index (χ2n) is 6.45. The van der Waals surface area contributed by atoms with Crippen molar-refractivity contribution in [3.8, 4) is 0 Å². The van der Waals surface area contributed by atoms with E-state index in [-0.39, 0.29) is 11.7 Å². The summed E-state index contributed by atoms with van der Waals surface area (Å²) in [7, 11) is 0. The smallest absolute Gasteiger partial charge is 0.257 e. The monoisotopic (exact) mass is 359 g/mol. The minimum absolute atomic E-state index is 0.00460. The highest BCUT2D eigenvalue weighted by molar-refractivity contribution is 6.04. The highest BCUT2D eigenvalue weighted by atomic mass is 16.1. The van der Waals surface area contributed by atoms with E-state index in [0.29, 0.717) is 16.9 Å². The molecule has 1 heterocycles. The van der Waals surface area contributed by atoms with Crippen LogP contribution in [0.1, 0.15) is 38.8 Å². The van der Waals surface area contributed by atoms with E-state index in [2.05, 4.69) is 15.6 Å². The van der Waals surface area contributed by atoms with Crippen molar-refractivity contribution in [3.05, 3.63) is 83.0 Å². The number of ketones is 1. The lowest BCUT2D eigenvalue weighted by Gasteiger charge is -2.09. The van der Waals surface area contributed by atoms with Gasteiger partial charge in [-0.3, -0.25) is 9.59 Å². The molecule has 3 aromatic rings. The number of aromatic nitrogens is 1. The lowest BCUT2D eigenvalue weighted by Crippen LogP contribution is -2.12. The molecule has 0 radical (unpaired) electrons. The van der Waals surface area contributed by atoms with Crippen molar-refractivity contribution in [2.24, 2.45) is 0 Å². The highest BCUT2D eigenvalue weighted by Crippen LogP contribution is 2.18. The maximum Gasteiger partial charge on any atom is 0.257 e. The Kier molecular flexibility index (Phi) is 5.31. The van der Waals surface area contributed by atoms with Gasteiger partial charge in [0.15, 0.2) is 5.78 Å². The fourth-order valence-corrected chi connectivity index (χ4v) is 2.59. The maximum atomic E-state index is 12.4. The summed E-state index contributed by atoms with van der Waals surface area (Å²) in [6, 6.07) is 16.4. The van der Waals surface area contributed by atoms with Gasteiger partial charge in [0.05, 0.1) is 5.56 Å². The Morgan fingerprint density at radius 3 is 2.33 bits per heavy atom. The second-order valence-corrected chi connectivity index (χ2v) is 6.45. The molecule has 0 saturated carbocycles. The van der Waals surface area contributed by atoms with E-state index in [1.807, 2.05) is 44.2 Å². The Balaban J connectivity index is 1.69. The van der Waals surface area contributed by atoms with Crippen LogP contribution in [0.25, 0.3) is 0 Å². The first-order chi connectivity index (χ1) is 12.9. The quantitative estimate of drug-likeness (QED) is 0.636. The second kappa shape index (κ2) is 7.83. The minimum Gasteiger partial charge on any atom is -0.340 e. The number of nitrogens with one attached hydrogen (secondary N) is 2. The zero-order valence-corrected chi connectivity index (χ0v) is 15.5. The zero-order valence-electron chi connectivity index (χ0n) is 15.5. The van der Waals surface area contributed by atoms with Crippen molar-refractivity contribution in [1.29, 1.82) is 0 Å². The van der Waals surface area contributed by atoms with Crippen LogP contribution >= 0.6 is 0 Å². The summed E-state index contributed by atoms with van der Waals surface area (Å²) >= 11 is 0. The molecule has 0 aliphatic carbocycles. The fraction of sp³-hybridized carbons (Fsp3) is 0.136. The number of rotatable bonds is 5. The van der Waals surface area contributed by atoms with Crippen LogP contribution in [0, 0.1) is 13.8 Å². The van der Waals surface area contributed by atoms with Crippen LogP contribution in [0.4, 0.5) is 17.2 Å². The molecule has 0 saturated heterocycles. The molecule has 0 spiro atoms. The third kappa shape index (κ3) is 4.58. The molecular formula is C22H21N3O2. The van der Waals surface area contributed by atoms with Crippen LogP contribution in [0.15, 0.2) is 60.8 Å². The number of nitrogens with zero attached hydrogens (tertiary/aromatic N) is 1.